The van der Waals surface area contributed by atoms with E-state index in [2.05, 4.69) is 33.8 Å². The van der Waals surface area contributed by atoms with Gasteiger partial charge in [-0.25, -0.2) is 0 Å². The number of nitrogens with one attached hydrogen (secondary N) is 1. The van der Waals surface area contributed by atoms with Gasteiger partial charge in [-0.1, -0.05) is 0 Å². The monoisotopic (exact) mass is 208 g/mol. The van der Waals surface area contributed by atoms with E-state index in [1.807, 2.05) is 18.5 Å². The number of aromatic nitrogens is 2. The summed E-state index contributed by atoms with van der Waals surface area (Å²) in [6.07, 6.45) is 3.89. The van der Waals surface area contributed by atoms with Crippen molar-refractivity contribution in [3.63, 3.8) is 0 Å². The first kappa shape index (κ1) is 10.6. The summed E-state index contributed by atoms with van der Waals surface area (Å²) >= 11 is 0. The van der Waals surface area contributed by atoms with Gasteiger partial charge in [0.25, 0.3) is 0 Å². The smallest absolute Gasteiger partial charge is 0.0697 e. The normalized spacial score (nSPS) is 19.3. The molecule has 15 heavy (non-hydrogen) atoms. The molecule has 84 valence electrons. The summed E-state index contributed by atoms with van der Waals surface area (Å²) in [5, 5.41) is 7.70. The van der Waals surface area contributed by atoms with E-state index in [1.54, 1.807) is 0 Å². The van der Waals surface area contributed by atoms with Crippen molar-refractivity contribution in [1.29, 1.82) is 0 Å². The highest BCUT2D eigenvalue weighted by Gasteiger charge is 2.24. The zero-order chi connectivity index (χ0) is 10.7. The highest BCUT2D eigenvalue weighted by atomic mass is 15.3. The largest absolute Gasteiger partial charge is 0.314 e. The molecule has 1 aromatic heterocycles. The molecule has 0 aliphatic carbocycles. The SMILES string of the molecule is CC(C)(CN1CCNCC1)n1cccn1. The lowest BCUT2D eigenvalue weighted by Crippen LogP contribution is -2.49. The van der Waals surface area contributed by atoms with Crippen LogP contribution in [0.5, 0.6) is 0 Å². The van der Waals surface area contributed by atoms with Crippen molar-refractivity contribution < 1.29 is 0 Å². The van der Waals surface area contributed by atoms with Crippen LogP contribution in [0.2, 0.25) is 0 Å². The third kappa shape index (κ3) is 2.58. The van der Waals surface area contributed by atoms with Crippen molar-refractivity contribution in [2.45, 2.75) is 19.4 Å². The number of nitrogens with zero attached hydrogens (tertiary/aromatic N) is 3. The minimum absolute atomic E-state index is 0.0842. The zero-order valence-corrected chi connectivity index (χ0v) is 9.61. The van der Waals surface area contributed by atoms with Gasteiger partial charge < -0.3 is 5.32 Å². The Kier molecular flexibility index (Phi) is 3.07. The molecule has 0 aromatic carbocycles. The summed E-state index contributed by atoms with van der Waals surface area (Å²) in [5.74, 6) is 0. The van der Waals surface area contributed by atoms with E-state index in [-0.39, 0.29) is 5.54 Å². The molecule has 0 radical (unpaired) electrons. The highest BCUT2D eigenvalue weighted by molar-refractivity contribution is 4.88. The van der Waals surface area contributed by atoms with Crippen molar-refractivity contribution in [1.82, 2.24) is 20.0 Å². The van der Waals surface area contributed by atoms with Gasteiger partial charge in [0.15, 0.2) is 0 Å². The summed E-state index contributed by atoms with van der Waals surface area (Å²) in [6, 6.07) is 1.99. The van der Waals surface area contributed by atoms with Gasteiger partial charge >= 0.3 is 0 Å². The fourth-order valence-electron chi connectivity index (χ4n) is 2.12. The van der Waals surface area contributed by atoms with Crippen LogP contribution in [-0.4, -0.2) is 47.4 Å². The van der Waals surface area contributed by atoms with Crippen molar-refractivity contribution in [3.05, 3.63) is 18.5 Å². The molecule has 0 amide bonds. The average Bonchev–Trinajstić information content (AvgIpc) is 2.71. The van der Waals surface area contributed by atoms with E-state index in [0.29, 0.717) is 0 Å². The second-order valence-corrected chi connectivity index (χ2v) is 4.79. The standard InChI is InChI=1S/C11H20N4/c1-11(2,15-7-3-4-13-15)10-14-8-5-12-6-9-14/h3-4,7,12H,5-6,8-10H2,1-2H3. The van der Waals surface area contributed by atoms with Gasteiger partial charge in [-0.15, -0.1) is 0 Å². The predicted octanol–water partition coefficient (Wildman–Crippen LogP) is 0.523. The Morgan fingerprint density at radius 3 is 2.67 bits per heavy atom. The summed E-state index contributed by atoms with van der Waals surface area (Å²) in [7, 11) is 0. The lowest BCUT2D eigenvalue weighted by Gasteiger charge is -2.35. The third-order valence-corrected chi connectivity index (χ3v) is 2.94. The predicted molar refractivity (Wildman–Crippen MR) is 60.9 cm³/mol. The van der Waals surface area contributed by atoms with Gasteiger partial charge in [-0.05, 0) is 19.9 Å². The van der Waals surface area contributed by atoms with E-state index in [1.165, 1.54) is 0 Å². The Morgan fingerprint density at radius 2 is 2.07 bits per heavy atom. The molecular formula is C11H20N4. The maximum Gasteiger partial charge on any atom is 0.0697 e. The first-order valence-electron chi connectivity index (χ1n) is 5.62. The number of hydrogen-bond acceptors (Lipinski definition) is 3. The summed E-state index contributed by atoms with van der Waals surface area (Å²) < 4.78 is 2.05. The average molecular weight is 208 g/mol. The third-order valence-electron chi connectivity index (χ3n) is 2.94. The number of rotatable bonds is 3. The van der Waals surface area contributed by atoms with E-state index >= 15 is 0 Å². The number of piperazine rings is 1. The highest BCUT2D eigenvalue weighted by Crippen LogP contribution is 2.15. The van der Waals surface area contributed by atoms with Crippen LogP contribution in [0.4, 0.5) is 0 Å². The summed E-state index contributed by atoms with van der Waals surface area (Å²) in [5.41, 5.74) is 0.0842. The maximum absolute atomic E-state index is 4.33. The van der Waals surface area contributed by atoms with Crippen molar-refractivity contribution >= 4 is 0 Å². The fraction of sp³-hybridized carbons (Fsp3) is 0.727. The molecule has 1 aliphatic rings. The molecule has 1 aromatic rings. The Balaban J connectivity index is 1.97. The van der Waals surface area contributed by atoms with Gasteiger partial charge in [0.1, 0.15) is 0 Å². The first-order valence-corrected chi connectivity index (χ1v) is 5.62. The fourth-order valence-corrected chi connectivity index (χ4v) is 2.12. The van der Waals surface area contributed by atoms with Crippen LogP contribution in [0, 0.1) is 0 Å². The van der Waals surface area contributed by atoms with Crippen molar-refractivity contribution in [2.24, 2.45) is 0 Å². The van der Waals surface area contributed by atoms with Gasteiger partial charge in [-0.2, -0.15) is 5.10 Å². The van der Waals surface area contributed by atoms with Crippen molar-refractivity contribution in [2.75, 3.05) is 32.7 Å². The molecule has 1 saturated heterocycles. The van der Waals surface area contributed by atoms with Gasteiger partial charge in [0, 0.05) is 45.1 Å². The molecular weight excluding hydrogens is 188 g/mol. The molecule has 4 nitrogen and oxygen atoms in total. The topological polar surface area (TPSA) is 33.1 Å². The number of hydrogen-bond donors (Lipinski definition) is 1. The van der Waals surface area contributed by atoms with E-state index < -0.39 is 0 Å². The maximum atomic E-state index is 4.33. The van der Waals surface area contributed by atoms with E-state index in [9.17, 15) is 0 Å². The van der Waals surface area contributed by atoms with Gasteiger partial charge in [-0.3, -0.25) is 9.58 Å². The molecule has 4 heteroatoms. The van der Waals surface area contributed by atoms with Crippen molar-refractivity contribution in [3.8, 4) is 0 Å². The van der Waals surface area contributed by atoms with Crippen LogP contribution in [0.25, 0.3) is 0 Å². The first-order chi connectivity index (χ1) is 7.18. The van der Waals surface area contributed by atoms with Crippen LogP contribution in [-0.2, 0) is 5.54 Å². The van der Waals surface area contributed by atoms with Crippen LogP contribution in [0.3, 0.4) is 0 Å². The molecule has 2 rings (SSSR count). The second kappa shape index (κ2) is 4.33. The Hall–Kier alpha value is -0.870. The summed E-state index contributed by atoms with van der Waals surface area (Å²) in [4.78, 5) is 2.50. The van der Waals surface area contributed by atoms with Gasteiger partial charge in [0.2, 0.25) is 0 Å². The second-order valence-electron chi connectivity index (χ2n) is 4.79. The lowest BCUT2D eigenvalue weighted by atomic mass is 10.0. The molecule has 0 spiro atoms. The van der Waals surface area contributed by atoms with Crippen LogP contribution in [0.15, 0.2) is 18.5 Å². The van der Waals surface area contributed by atoms with E-state index in [4.69, 9.17) is 0 Å². The molecule has 0 unspecified atom stereocenters. The van der Waals surface area contributed by atoms with E-state index in [0.717, 1.165) is 32.7 Å². The molecule has 0 bridgehead atoms. The lowest BCUT2D eigenvalue weighted by molar-refractivity contribution is 0.154. The van der Waals surface area contributed by atoms with Gasteiger partial charge in [0.05, 0.1) is 5.54 Å². The Bertz CT molecular complexity index is 286. The minimum atomic E-state index is 0.0842. The molecule has 0 atom stereocenters. The Labute approximate surface area is 91.3 Å². The van der Waals surface area contributed by atoms with Crippen LogP contribution >= 0.6 is 0 Å². The molecule has 2 heterocycles. The minimum Gasteiger partial charge on any atom is -0.314 e. The molecule has 1 aliphatic heterocycles. The summed E-state index contributed by atoms with van der Waals surface area (Å²) in [6.45, 7) is 10.0. The molecule has 0 saturated carbocycles. The molecule has 1 N–H and O–H groups in total. The quantitative estimate of drug-likeness (QED) is 0.786. The zero-order valence-electron chi connectivity index (χ0n) is 9.61. The molecule has 1 fully saturated rings. The van der Waals surface area contributed by atoms with Crippen LogP contribution < -0.4 is 5.32 Å². The van der Waals surface area contributed by atoms with Crippen LogP contribution in [0.1, 0.15) is 13.8 Å². The Morgan fingerprint density at radius 1 is 1.33 bits per heavy atom.